The Hall–Kier alpha value is -8.13. The van der Waals surface area contributed by atoms with Crippen LogP contribution < -0.4 is 31.4 Å². The Morgan fingerprint density at radius 1 is 0.268 bits per heavy atom. The molecule has 0 spiro atoms. The minimum absolute atomic E-state index is 0.691. The van der Waals surface area contributed by atoms with Crippen molar-refractivity contribution in [3.05, 3.63) is 214 Å². The van der Waals surface area contributed by atoms with E-state index >= 15 is 0 Å². The second-order valence-corrected chi connectivity index (χ2v) is 18.3. The first-order valence-corrected chi connectivity index (χ1v) is 23.0. The molecule has 8 aromatic carbocycles. The number of pyridine rings is 1. The quantitative estimate of drug-likeness (QED) is 0.0700. The first-order valence-electron chi connectivity index (χ1n) is 23.0. The van der Waals surface area contributed by atoms with Crippen LogP contribution in [0, 0.1) is 0 Å². The summed E-state index contributed by atoms with van der Waals surface area (Å²) in [7, 11) is 0. The zero-order chi connectivity index (χ0) is 60.6. The summed E-state index contributed by atoms with van der Waals surface area (Å²) < 4.78 is 343. The van der Waals surface area contributed by atoms with Crippen molar-refractivity contribution in [3.63, 3.8) is 0 Å². The Morgan fingerprint density at radius 3 is 0.866 bits per heavy atom. The smallest absolute Gasteiger partial charge is 0.230 e. The molecule has 0 saturated heterocycles. The third kappa shape index (κ3) is 12.4. The molecule has 0 aliphatic carbocycles. The zero-order valence-corrected chi connectivity index (χ0v) is 40.2. The van der Waals surface area contributed by atoms with Crippen LogP contribution >= 0.6 is 0 Å². The molecule has 0 amide bonds. The number of alkyl halides is 24. The maximum atomic E-state index is 14.2. The lowest BCUT2D eigenvalue weighted by atomic mass is 9.12. The average Bonchev–Trinajstić information content (AvgIpc) is 3.56. The number of hydrogen-bond acceptors (Lipinski definition) is 1. The number of hydrogen-bond donors (Lipinski definition) is 0. The summed E-state index contributed by atoms with van der Waals surface area (Å²) in [4.78, 5) is 6.33. The predicted octanol–water partition coefficient (Wildman–Crippen LogP) is 16.5. The Labute approximate surface area is 444 Å². The van der Waals surface area contributed by atoms with E-state index in [2.05, 4.69) is 72.8 Å². The fourth-order valence-electron chi connectivity index (χ4n) is 9.49. The van der Waals surface area contributed by atoms with E-state index in [0.29, 0.717) is 0 Å². The first kappa shape index (κ1) is 60.0. The fraction of sp³-hybridized carbons (Fsp3) is 0.145. The second-order valence-electron chi connectivity index (χ2n) is 18.3. The number of rotatable bonds is 6. The molecule has 82 heavy (non-hydrogen) atoms. The fourth-order valence-corrected chi connectivity index (χ4v) is 9.49. The Bertz CT molecular complexity index is 3420. The molecule has 0 saturated carbocycles. The molecular formula is C55H28BF24NO. The maximum absolute atomic E-state index is 14.2. The molecule has 9 rings (SSSR count). The van der Waals surface area contributed by atoms with Gasteiger partial charge in [-0.15, -0.1) is 0 Å². The van der Waals surface area contributed by atoms with Gasteiger partial charge in [0.15, 0.2) is 0 Å². The molecule has 9 aromatic rings. The van der Waals surface area contributed by atoms with Crippen LogP contribution in [0.3, 0.4) is 0 Å². The minimum atomic E-state index is -6.13. The van der Waals surface area contributed by atoms with Crippen molar-refractivity contribution in [1.82, 2.24) is 0 Å². The van der Waals surface area contributed by atoms with E-state index in [1.165, 1.54) is 16.2 Å². The largest absolute Gasteiger partial charge is 0.416 e. The van der Waals surface area contributed by atoms with Gasteiger partial charge in [0, 0.05) is 22.2 Å². The van der Waals surface area contributed by atoms with Crippen molar-refractivity contribution in [2.24, 2.45) is 0 Å². The molecule has 0 aliphatic heterocycles. The van der Waals surface area contributed by atoms with Crippen LogP contribution in [0.4, 0.5) is 105 Å². The van der Waals surface area contributed by atoms with Crippen LogP contribution in [-0.4, -0.2) is 6.15 Å². The number of halogens is 24. The van der Waals surface area contributed by atoms with Gasteiger partial charge in [-0.05, 0) is 58.6 Å². The normalized spacial score (nSPS) is 13.4. The van der Waals surface area contributed by atoms with E-state index in [4.69, 9.17) is 4.84 Å². The minimum Gasteiger partial charge on any atom is -0.230 e. The van der Waals surface area contributed by atoms with Crippen LogP contribution in [0.15, 0.2) is 170 Å². The summed E-state index contributed by atoms with van der Waals surface area (Å²) in [6.45, 7) is 0. The Kier molecular flexibility index (Phi) is 15.1. The number of nitrogens with zero attached hydrogens (tertiary/aromatic N) is 1. The molecule has 0 unspecified atom stereocenters. The van der Waals surface area contributed by atoms with Gasteiger partial charge in [0.25, 0.3) is 5.52 Å². The molecule has 27 heteroatoms. The van der Waals surface area contributed by atoms with E-state index in [1.807, 2.05) is 29.1 Å². The molecule has 2 nitrogen and oxygen atoms in total. The molecule has 0 bridgehead atoms. The van der Waals surface area contributed by atoms with Gasteiger partial charge in [0.05, 0.1) is 49.9 Å². The molecular weight excluding hydrogens is 1160 g/mol. The van der Waals surface area contributed by atoms with Gasteiger partial charge in [-0.25, -0.2) is 4.84 Å². The summed E-state index contributed by atoms with van der Waals surface area (Å²) in [6.07, 6.45) is -52.9. The van der Waals surface area contributed by atoms with Crippen LogP contribution in [0.2, 0.25) is 0 Å². The van der Waals surface area contributed by atoms with Gasteiger partial charge in [-0.2, -0.15) is 127 Å². The van der Waals surface area contributed by atoms with E-state index in [1.54, 1.807) is 0 Å². The number of fused-ring (bicyclic) bond motifs is 4. The summed E-state index contributed by atoms with van der Waals surface area (Å²) in [5.74, 6) is 0.857. The Balaban J connectivity index is 0.000000288. The summed E-state index contributed by atoms with van der Waals surface area (Å²) in [5, 5.41) is 5.89. The Morgan fingerprint density at radius 2 is 0.537 bits per heavy atom. The third-order valence-electron chi connectivity index (χ3n) is 13.0. The van der Waals surface area contributed by atoms with Gasteiger partial charge < -0.3 is 0 Å². The van der Waals surface area contributed by atoms with Crippen molar-refractivity contribution < 1.29 is 115 Å². The predicted molar refractivity (Wildman–Crippen MR) is 252 cm³/mol. The van der Waals surface area contributed by atoms with Crippen molar-refractivity contribution in [1.29, 1.82) is 0 Å². The maximum Gasteiger partial charge on any atom is 0.416 e. The molecule has 0 radical (unpaired) electrons. The van der Waals surface area contributed by atoms with E-state index in [-0.39, 0.29) is 0 Å². The lowest BCUT2D eigenvalue weighted by Gasteiger charge is -2.46. The number of aromatic nitrogens is 1. The van der Waals surface area contributed by atoms with Crippen molar-refractivity contribution in [2.45, 2.75) is 49.4 Å². The molecule has 0 atom stereocenters. The highest BCUT2D eigenvalue weighted by atomic mass is 19.4. The van der Waals surface area contributed by atoms with Crippen LogP contribution in [-0.2, 0) is 49.4 Å². The van der Waals surface area contributed by atoms with E-state index < -0.39 is 195 Å². The topological polar surface area (TPSA) is 13.1 Å². The highest BCUT2D eigenvalue weighted by Crippen LogP contribution is 2.42. The molecule has 0 aliphatic rings. The average molecular weight is 1190 g/mol. The number of para-hydroxylation sites is 1. The molecule has 430 valence electrons. The van der Waals surface area contributed by atoms with Gasteiger partial charge >= 0.3 is 49.4 Å². The number of benzene rings is 8. The highest BCUT2D eigenvalue weighted by molar-refractivity contribution is 7.20. The lowest BCUT2D eigenvalue weighted by Crippen LogP contribution is -2.75. The van der Waals surface area contributed by atoms with E-state index in [0.717, 1.165) is 22.0 Å². The molecule has 0 fully saturated rings. The standard InChI is InChI=1S/C32H12BF24.C23H16NO/c34-25(35,36)13-1-14(26(37,38)39)6-21(5-13)33(22-7-15(27(40,41)42)2-16(8-22)28(43,44)45,23-9-17(29(46,47)48)3-18(10-23)30(49,50)51)24-11-19(31(52,53)54)4-20(12-24)32(55,56)57;1-3-11-19-18(9-1)16-23(21-13-5-4-12-20(19)21)25-24-15-7-10-17-8-2-6-14-22(17)24/h1-12H;1-16H/q-1;+1. The van der Waals surface area contributed by atoms with Gasteiger partial charge in [0.1, 0.15) is 6.15 Å². The van der Waals surface area contributed by atoms with Crippen LogP contribution in [0.25, 0.3) is 32.4 Å². The van der Waals surface area contributed by atoms with Gasteiger partial charge in [-0.3, -0.25) is 0 Å². The van der Waals surface area contributed by atoms with Crippen molar-refractivity contribution in [2.75, 3.05) is 0 Å². The third-order valence-corrected chi connectivity index (χ3v) is 13.0. The lowest BCUT2D eigenvalue weighted by molar-refractivity contribution is -0.854. The van der Waals surface area contributed by atoms with Gasteiger partial charge in [-0.1, -0.05) is 109 Å². The highest BCUT2D eigenvalue weighted by Gasteiger charge is 2.47. The second kappa shape index (κ2) is 20.7. The molecule has 1 heterocycles. The van der Waals surface area contributed by atoms with Crippen LogP contribution in [0.5, 0.6) is 5.75 Å². The summed E-state index contributed by atoms with van der Waals surface area (Å²) in [6, 6.07) is 22.4. The van der Waals surface area contributed by atoms with Crippen molar-refractivity contribution >= 4 is 60.4 Å². The SMILES string of the molecule is FC(F)(F)c1cc([B-](c2cc(C(F)(F)F)cc(C(F)(F)F)c2)(c2cc(C(F)(F)F)cc(C(F)(F)F)c2)c2cc(C(F)(F)F)cc(C(F)(F)F)c2)cc(C(F)(F)F)c1.c1ccc2c(c1)cc(O[n+]1cccc3ccccc31)c1ccccc12. The van der Waals surface area contributed by atoms with E-state index in [9.17, 15) is 105 Å². The van der Waals surface area contributed by atoms with Crippen molar-refractivity contribution in [3.8, 4) is 5.75 Å². The monoisotopic (exact) mass is 1190 g/mol. The van der Waals surface area contributed by atoms with Crippen LogP contribution in [0.1, 0.15) is 44.5 Å². The zero-order valence-electron chi connectivity index (χ0n) is 40.2. The summed E-state index contributed by atoms with van der Waals surface area (Å²) >= 11 is 0. The first-order chi connectivity index (χ1) is 37.7. The molecule has 0 N–H and O–H groups in total. The summed E-state index contributed by atoms with van der Waals surface area (Å²) in [5.41, 5.74) is -29.2. The molecule has 1 aromatic heterocycles. The van der Waals surface area contributed by atoms with Gasteiger partial charge in [0.2, 0.25) is 11.9 Å².